The fourth-order valence-electron chi connectivity index (χ4n) is 7.87. The molecule has 9 rings (SSSR count). The van der Waals surface area contributed by atoms with E-state index in [0.717, 1.165) is 11.4 Å². The molecule has 1 heteroatoms. The van der Waals surface area contributed by atoms with Crippen molar-refractivity contribution in [3.8, 4) is 33.4 Å². The molecule has 0 saturated carbocycles. The SMILES string of the molecule is CC1(C)c2ccccc2-c2c(N(c3ccc(-c4ccccc4)cc3)c3ccc(-c4cc5ccccc5c5ccccc45)cc3)cccc21. The topological polar surface area (TPSA) is 3.24 Å². The molecule has 0 saturated heterocycles. The summed E-state index contributed by atoms with van der Waals surface area (Å²) in [5, 5.41) is 5.12. The summed E-state index contributed by atoms with van der Waals surface area (Å²) < 4.78 is 0. The molecular weight excluding hydrogens is 579 g/mol. The Bertz CT molecular complexity index is 2450. The molecule has 0 spiro atoms. The summed E-state index contributed by atoms with van der Waals surface area (Å²) >= 11 is 0. The molecule has 1 aliphatic carbocycles. The summed E-state index contributed by atoms with van der Waals surface area (Å²) in [5.74, 6) is 0. The van der Waals surface area contributed by atoms with E-state index in [1.54, 1.807) is 0 Å². The van der Waals surface area contributed by atoms with Gasteiger partial charge < -0.3 is 4.90 Å². The van der Waals surface area contributed by atoms with E-state index < -0.39 is 0 Å². The maximum Gasteiger partial charge on any atom is 0.0543 e. The fourth-order valence-corrected chi connectivity index (χ4v) is 7.87. The molecule has 0 aliphatic heterocycles. The maximum absolute atomic E-state index is 2.44. The zero-order valence-electron chi connectivity index (χ0n) is 27.2. The van der Waals surface area contributed by atoms with Gasteiger partial charge in [0.05, 0.1) is 5.69 Å². The Kier molecular flexibility index (Phi) is 6.55. The lowest BCUT2D eigenvalue weighted by atomic mass is 9.82. The Morgan fingerprint density at radius 3 is 1.71 bits per heavy atom. The predicted octanol–water partition coefficient (Wildman–Crippen LogP) is 13.1. The van der Waals surface area contributed by atoms with Crippen LogP contribution < -0.4 is 4.90 Å². The summed E-state index contributed by atoms with van der Waals surface area (Å²) in [6.45, 7) is 4.70. The molecule has 0 radical (unpaired) electrons. The summed E-state index contributed by atoms with van der Waals surface area (Å²) in [5.41, 5.74) is 13.7. The first-order chi connectivity index (χ1) is 23.6. The second-order valence-corrected chi connectivity index (χ2v) is 13.4. The van der Waals surface area contributed by atoms with Crippen LogP contribution in [0.5, 0.6) is 0 Å². The zero-order valence-corrected chi connectivity index (χ0v) is 27.2. The van der Waals surface area contributed by atoms with Crippen LogP contribution in [0.15, 0.2) is 176 Å². The smallest absolute Gasteiger partial charge is 0.0543 e. The Morgan fingerprint density at radius 2 is 0.958 bits per heavy atom. The van der Waals surface area contributed by atoms with Gasteiger partial charge >= 0.3 is 0 Å². The van der Waals surface area contributed by atoms with Crippen molar-refractivity contribution in [2.75, 3.05) is 4.90 Å². The second-order valence-electron chi connectivity index (χ2n) is 13.4. The molecule has 0 fully saturated rings. The summed E-state index contributed by atoms with van der Waals surface area (Å²) in [4.78, 5) is 2.44. The number of fused-ring (bicyclic) bond motifs is 6. The summed E-state index contributed by atoms with van der Waals surface area (Å²) in [7, 11) is 0. The van der Waals surface area contributed by atoms with Crippen LogP contribution in [0.25, 0.3) is 54.9 Å². The highest BCUT2D eigenvalue weighted by molar-refractivity contribution is 6.13. The largest absolute Gasteiger partial charge is 0.310 e. The van der Waals surface area contributed by atoms with Gasteiger partial charge in [0.15, 0.2) is 0 Å². The van der Waals surface area contributed by atoms with Gasteiger partial charge in [-0.2, -0.15) is 0 Å². The first kappa shape index (κ1) is 28.3. The number of rotatable bonds is 5. The summed E-state index contributed by atoms with van der Waals surface area (Å²) in [6.07, 6.45) is 0. The minimum Gasteiger partial charge on any atom is -0.310 e. The van der Waals surface area contributed by atoms with Gasteiger partial charge in [0.25, 0.3) is 0 Å². The van der Waals surface area contributed by atoms with Gasteiger partial charge in [-0.25, -0.2) is 0 Å². The molecule has 0 heterocycles. The number of nitrogens with zero attached hydrogens (tertiary/aromatic N) is 1. The molecular formula is C47H35N. The first-order valence-corrected chi connectivity index (χ1v) is 16.8. The van der Waals surface area contributed by atoms with Crippen molar-refractivity contribution in [2.24, 2.45) is 0 Å². The lowest BCUT2D eigenvalue weighted by molar-refractivity contribution is 0.660. The lowest BCUT2D eigenvalue weighted by Crippen LogP contribution is -2.16. The van der Waals surface area contributed by atoms with E-state index in [1.807, 2.05) is 0 Å². The third kappa shape index (κ3) is 4.47. The zero-order chi connectivity index (χ0) is 32.2. The van der Waals surface area contributed by atoms with Crippen LogP contribution in [-0.2, 0) is 5.41 Å². The summed E-state index contributed by atoms with van der Waals surface area (Å²) in [6, 6.07) is 64.3. The van der Waals surface area contributed by atoms with Crippen LogP contribution in [0.1, 0.15) is 25.0 Å². The number of hydrogen-bond donors (Lipinski definition) is 0. The van der Waals surface area contributed by atoms with Crippen molar-refractivity contribution in [1.82, 2.24) is 0 Å². The molecule has 8 aromatic carbocycles. The van der Waals surface area contributed by atoms with Gasteiger partial charge in [0, 0.05) is 22.4 Å². The van der Waals surface area contributed by atoms with Crippen molar-refractivity contribution in [3.05, 3.63) is 187 Å². The molecule has 0 N–H and O–H groups in total. The number of hydrogen-bond acceptors (Lipinski definition) is 1. The van der Waals surface area contributed by atoms with Crippen molar-refractivity contribution < 1.29 is 0 Å². The average Bonchev–Trinajstić information content (AvgIpc) is 3.39. The van der Waals surface area contributed by atoms with Crippen LogP contribution in [-0.4, -0.2) is 0 Å². The van der Waals surface area contributed by atoms with Gasteiger partial charge in [-0.3, -0.25) is 0 Å². The Morgan fingerprint density at radius 1 is 0.396 bits per heavy atom. The highest BCUT2D eigenvalue weighted by atomic mass is 15.1. The monoisotopic (exact) mass is 613 g/mol. The van der Waals surface area contributed by atoms with Crippen molar-refractivity contribution in [1.29, 1.82) is 0 Å². The van der Waals surface area contributed by atoms with Crippen molar-refractivity contribution in [2.45, 2.75) is 19.3 Å². The van der Waals surface area contributed by atoms with Gasteiger partial charge in [-0.1, -0.05) is 153 Å². The van der Waals surface area contributed by atoms with E-state index in [0.29, 0.717) is 0 Å². The highest BCUT2D eigenvalue weighted by Crippen LogP contribution is 2.54. The van der Waals surface area contributed by atoms with Crippen molar-refractivity contribution >= 4 is 38.6 Å². The minimum atomic E-state index is -0.0776. The molecule has 1 aliphatic rings. The van der Waals surface area contributed by atoms with E-state index in [4.69, 9.17) is 0 Å². The maximum atomic E-state index is 2.44. The quantitative estimate of drug-likeness (QED) is 0.175. The molecule has 0 amide bonds. The third-order valence-corrected chi connectivity index (χ3v) is 10.3. The third-order valence-electron chi connectivity index (χ3n) is 10.3. The van der Waals surface area contributed by atoms with E-state index in [-0.39, 0.29) is 5.41 Å². The van der Waals surface area contributed by atoms with E-state index >= 15 is 0 Å². The molecule has 48 heavy (non-hydrogen) atoms. The van der Waals surface area contributed by atoms with E-state index in [1.165, 1.54) is 71.7 Å². The molecule has 8 aromatic rings. The van der Waals surface area contributed by atoms with Crippen LogP contribution in [0.4, 0.5) is 17.1 Å². The average molecular weight is 614 g/mol. The fraction of sp³-hybridized carbons (Fsp3) is 0.0638. The van der Waals surface area contributed by atoms with Crippen LogP contribution in [0.2, 0.25) is 0 Å². The Hall–Kier alpha value is -5.92. The van der Waals surface area contributed by atoms with Crippen molar-refractivity contribution in [3.63, 3.8) is 0 Å². The molecule has 0 unspecified atom stereocenters. The lowest BCUT2D eigenvalue weighted by Gasteiger charge is -2.29. The number of anilines is 3. The van der Waals surface area contributed by atoms with Gasteiger partial charge in [0.2, 0.25) is 0 Å². The van der Waals surface area contributed by atoms with E-state index in [2.05, 4.69) is 195 Å². The standard InChI is InChI=1S/C47H35N/c1-47(2)43-20-11-10-19-41(43)46-44(47)21-12-22-45(46)48(36-27-23-33(24-28-36)32-13-4-3-5-14-32)37-29-25-34(26-30-37)42-31-35-15-6-7-16-38(35)39-17-8-9-18-40(39)42/h3-31H,1-2H3. The molecule has 1 nitrogen and oxygen atoms in total. The first-order valence-electron chi connectivity index (χ1n) is 16.8. The van der Waals surface area contributed by atoms with Crippen LogP contribution >= 0.6 is 0 Å². The van der Waals surface area contributed by atoms with Gasteiger partial charge in [0.1, 0.15) is 0 Å². The minimum absolute atomic E-state index is 0.0776. The molecule has 0 atom stereocenters. The van der Waals surface area contributed by atoms with Crippen LogP contribution in [0, 0.1) is 0 Å². The molecule has 228 valence electrons. The molecule has 0 aromatic heterocycles. The normalized spacial score (nSPS) is 13.0. The second kappa shape index (κ2) is 11.1. The van der Waals surface area contributed by atoms with E-state index in [9.17, 15) is 0 Å². The van der Waals surface area contributed by atoms with Gasteiger partial charge in [-0.05, 0) is 96.9 Å². The highest BCUT2D eigenvalue weighted by Gasteiger charge is 2.37. The Labute approximate surface area is 282 Å². The van der Waals surface area contributed by atoms with Crippen LogP contribution in [0.3, 0.4) is 0 Å². The van der Waals surface area contributed by atoms with Gasteiger partial charge in [-0.15, -0.1) is 0 Å². The number of benzene rings is 8. The molecule has 0 bridgehead atoms. The Balaban J connectivity index is 1.22. The predicted molar refractivity (Wildman–Crippen MR) is 205 cm³/mol.